The summed E-state index contributed by atoms with van der Waals surface area (Å²) in [5.74, 6) is -0.276. The molecule has 1 saturated heterocycles. The van der Waals surface area contributed by atoms with E-state index in [0.717, 1.165) is 20.9 Å². The Kier molecular flexibility index (Phi) is 5.50. The third-order valence-electron chi connectivity index (χ3n) is 4.59. The number of nitrogens with zero attached hydrogens (tertiary/aromatic N) is 3. The average molecular weight is 482 g/mol. The molecule has 0 spiro atoms. The summed E-state index contributed by atoms with van der Waals surface area (Å²) in [4.78, 5) is 7.03. The van der Waals surface area contributed by atoms with E-state index in [1.165, 1.54) is 27.8 Å². The highest BCUT2D eigenvalue weighted by Crippen LogP contribution is 2.29. The Morgan fingerprint density at radius 2 is 1.61 bits per heavy atom. The van der Waals surface area contributed by atoms with Gasteiger partial charge in [-0.15, -0.1) is 11.3 Å². The lowest BCUT2D eigenvalue weighted by Crippen LogP contribution is -2.48. The van der Waals surface area contributed by atoms with Crippen LogP contribution in [-0.2, 0) is 10.0 Å². The fourth-order valence-electron chi connectivity index (χ4n) is 3.04. The second-order valence-electron chi connectivity index (χ2n) is 6.37. The van der Waals surface area contributed by atoms with Crippen LogP contribution in [0.25, 0.3) is 11.3 Å². The molecule has 1 aliphatic rings. The van der Waals surface area contributed by atoms with Gasteiger partial charge < -0.3 is 4.90 Å². The van der Waals surface area contributed by atoms with Gasteiger partial charge in [0.25, 0.3) is 0 Å². The van der Waals surface area contributed by atoms with Gasteiger partial charge in [-0.05, 0) is 48.5 Å². The standard InChI is InChI=1S/C19H17BrFN3O2S2/c20-15-3-7-17(8-4-15)28(25,26)24-11-9-23(10-12-24)19-22-18(13-27-19)14-1-5-16(21)6-2-14/h1-8,13H,9-12H2. The van der Waals surface area contributed by atoms with Gasteiger partial charge in [0.15, 0.2) is 5.13 Å². The molecule has 1 aromatic heterocycles. The molecule has 0 saturated carbocycles. The van der Waals surface area contributed by atoms with E-state index in [-0.39, 0.29) is 5.82 Å². The summed E-state index contributed by atoms with van der Waals surface area (Å²) in [6.45, 7) is 1.96. The van der Waals surface area contributed by atoms with Crippen LogP contribution in [0.3, 0.4) is 0 Å². The molecule has 9 heteroatoms. The number of halogens is 2. The van der Waals surface area contributed by atoms with Crippen molar-refractivity contribution in [1.82, 2.24) is 9.29 Å². The van der Waals surface area contributed by atoms with E-state index in [1.54, 1.807) is 36.4 Å². The van der Waals surface area contributed by atoms with Crippen molar-refractivity contribution in [1.29, 1.82) is 0 Å². The van der Waals surface area contributed by atoms with Crippen LogP contribution in [0.5, 0.6) is 0 Å². The number of thiazole rings is 1. The Morgan fingerprint density at radius 1 is 0.964 bits per heavy atom. The number of benzene rings is 2. The minimum Gasteiger partial charge on any atom is -0.345 e. The van der Waals surface area contributed by atoms with Gasteiger partial charge in [0.2, 0.25) is 10.0 Å². The zero-order chi connectivity index (χ0) is 19.7. The molecule has 0 bridgehead atoms. The van der Waals surface area contributed by atoms with Gasteiger partial charge in [0, 0.05) is 41.6 Å². The van der Waals surface area contributed by atoms with Crippen LogP contribution in [0, 0.1) is 5.82 Å². The van der Waals surface area contributed by atoms with Crippen molar-refractivity contribution < 1.29 is 12.8 Å². The Hall–Kier alpha value is -1.81. The summed E-state index contributed by atoms with van der Waals surface area (Å²) in [6, 6.07) is 12.9. The van der Waals surface area contributed by atoms with Crippen LogP contribution in [-0.4, -0.2) is 43.9 Å². The molecule has 2 heterocycles. The fraction of sp³-hybridized carbons (Fsp3) is 0.211. The fourth-order valence-corrected chi connectivity index (χ4v) is 5.61. The predicted molar refractivity (Wildman–Crippen MR) is 113 cm³/mol. The highest BCUT2D eigenvalue weighted by molar-refractivity contribution is 9.10. The maximum atomic E-state index is 13.1. The maximum absolute atomic E-state index is 13.1. The molecule has 146 valence electrons. The molecule has 1 fully saturated rings. The Bertz CT molecular complexity index is 1060. The summed E-state index contributed by atoms with van der Waals surface area (Å²) in [5, 5.41) is 2.79. The number of aromatic nitrogens is 1. The van der Waals surface area contributed by atoms with Crippen molar-refractivity contribution in [3.63, 3.8) is 0 Å². The SMILES string of the molecule is O=S(=O)(c1ccc(Br)cc1)N1CCN(c2nc(-c3ccc(F)cc3)cs2)CC1. The number of sulfonamides is 1. The van der Waals surface area contributed by atoms with Crippen molar-refractivity contribution in [2.24, 2.45) is 0 Å². The molecule has 1 aliphatic heterocycles. The van der Waals surface area contributed by atoms with Gasteiger partial charge in [0.1, 0.15) is 5.82 Å². The van der Waals surface area contributed by atoms with E-state index >= 15 is 0 Å². The van der Waals surface area contributed by atoms with Gasteiger partial charge in [0.05, 0.1) is 10.6 Å². The topological polar surface area (TPSA) is 53.5 Å². The van der Waals surface area contributed by atoms with E-state index in [9.17, 15) is 12.8 Å². The molecular formula is C19H17BrFN3O2S2. The van der Waals surface area contributed by atoms with E-state index in [4.69, 9.17) is 0 Å². The molecule has 2 aromatic carbocycles. The maximum Gasteiger partial charge on any atom is 0.243 e. The van der Waals surface area contributed by atoms with E-state index in [0.29, 0.717) is 31.1 Å². The van der Waals surface area contributed by atoms with Crippen LogP contribution >= 0.6 is 27.3 Å². The predicted octanol–water partition coefficient (Wildman–Crippen LogP) is 4.22. The van der Waals surface area contributed by atoms with Gasteiger partial charge in [-0.3, -0.25) is 0 Å². The van der Waals surface area contributed by atoms with Crippen molar-refractivity contribution in [2.75, 3.05) is 31.1 Å². The molecule has 0 N–H and O–H groups in total. The smallest absolute Gasteiger partial charge is 0.243 e. The molecule has 0 unspecified atom stereocenters. The number of hydrogen-bond acceptors (Lipinski definition) is 5. The number of rotatable bonds is 4. The molecule has 28 heavy (non-hydrogen) atoms. The first-order valence-electron chi connectivity index (χ1n) is 8.65. The minimum absolute atomic E-state index is 0.276. The first kappa shape index (κ1) is 19.5. The molecule has 3 aromatic rings. The zero-order valence-corrected chi connectivity index (χ0v) is 18.0. The molecule has 0 aliphatic carbocycles. The lowest BCUT2D eigenvalue weighted by Gasteiger charge is -2.33. The summed E-state index contributed by atoms with van der Waals surface area (Å²) < 4.78 is 41.1. The Balaban J connectivity index is 1.44. The van der Waals surface area contributed by atoms with Crippen molar-refractivity contribution in [3.8, 4) is 11.3 Å². The summed E-state index contributed by atoms with van der Waals surface area (Å²) >= 11 is 4.83. The Labute approximate surface area is 175 Å². The van der Waals surface area contributed by atoms with Gasteiger partial charge in [-0.25, -0.2) is 17.8 Å². The molecule has 0 amide bonds. The molecule has 4 rings (SSSR count). The van der Waals surface area contributed by atoms with Crippen LogP contribution in [0.2, 0.25) is 0 Å². The monoisotopic (exact) mass is 481 g/mol. The molecule has 0 atom stereocenters. The van der Waals surface area contributed by atoms with Crippen molar-refractivity contribution in [3.05, 3.63) is 64.2 Å². The zero-order valence-electron chi connectivity index (χ0n) is 14.8. The lowest BCUT2D eigenvalue weighted by atomic mass is 10.2. The average Bonchev–Trinajstić information content (AvgIpc) is 3.19. The van der Waals surface area contributed by atoms with Crippen molar-refractivity contribution in [2.45, 2.75) is 4.90 Å². The number of anilines is 1. The Morgan fingerprint density at radius 3 is 2.25 bits per heavy atom. The van der Waals surface area contributed by atoms with Crippen LogP contribution in [0.1, 0.15) is 0 Å². The second-order valence-corrected chi connectivity index (χ2v) is 10.1. The quantitative estimate of drug-likeness (QED) is 0.559. The van der Waals surface area contributed by atoms with Gasteiger partial charge in [-0.2, -0.15) is 4.31 Å². The number of piperazine rings is 1. The van der Waals surface area contributed by atoms with Crippen LogP contribution in [0.15, 0.2) is 63.3 Å². The number of hydrogen-bond donors (Lipinski definition) is 0. The summed E-state index contributed by atoms with van der Waals surface area (Å²) in [6.07, 6.45) is 0. The van der Waals surface area contributed by atoms with Gasteiger partial charge in [-0.1, -0.05) is 15.9 Å². The van der Waals surface area contributed by atoms with E-state index < -0.39 is 10.0 Å². The molecule has 5 nitrogen and oxygen atoms in total. The highest BCUT2D eigenvalue weighted by Gasteiger charge is 2.29. The first-order valence-corrected chi connectivity index (χ1v) is 11.8. The third-order valence-corrected chi connectivity index (χ3v) is 7.94. The largest absolute Gasteiger partial charge is 0.345 e. The minimum atomic E-state index is -3.49. The summed E-state index contributed by atoms with van der Waals surface area (Å²) in [5.41, 5.74) is 1.66. The summed E-state index contributed by atoms with van der Waals surface area (Å²) in [7, 11) is -3.49. The highest BCUT2D eigenvalue weighted by atomic mass is 79.9. The van der Waals surface area contributed by atoms with Crippen LogP contribution in [0.4, 0.5) is 9.52 Å². The third kappa shape index (κ3) is 3.98. The van der Waals surface area contributed by atoms with Crippen LogP contribution < -0.4 is 4.90 Å². The molecular weight excluding hydrogens is 465 g/mol. The second kappa shape index (κ2) is 7.90. The van der Waals surface area contributed by atoms with E-state index in [1.807, 2.05) is 5.38 Å². The normalized spacial score (nSPS) is 15.7. The van der Waals surface area contributed by atoms with E-state index in [2.05, 4.69) is 25.8 Å². The lowest BCUT2D eigenvalue weighted by molar-refractivity contribution is 0.385. The van der Waals surface area contributed by atoms with Gasteiger partial charge >= 0.3 is 0 Å². The molecule has 0 radical (unpaired) electrons. The van der Waals surface area contributed by atoms with Crippen molar-refractivity contribution >= 4 is 42.4 Å². The first-order chi connectivity index (χ1) is 13.4.